The molecule has 2 atom stereocenters. The zero-order chi connectivity index (χ0) is 27.1. The SMILES string of the molecule is NC(N)=NCCCC1NC(CNC(=O)c2ccc3ccccc3c2)CCN(Cc2cc(F)cc(Cl)c2)C1=O. The normalized spacial score (nSPS) is 17.7. The lowest BCUT2D eigenvalue weighted by Gasteiger charge is -2.25. The van der Waals surface area contributed by atoms with Crippen LogP contribution in [0, 0.1) is 5.82 Å². The second-order valence-corrected chi connectivity index (χ2v) is 9.90. The Morgan fingerprint density at radius 2 is 1.92 bits per heavy atom. The van der Waals surface area contributed by atoms with Crippen LogP contribution in [0.4, 0.5) is 4.39 Å². The fraction of sp³-hybridized carbons (Fsp3) is 0.321. The minimum Gasteiger partial charge on any atom is -0.370 e. The Morgan fingerprint density at radius 1 is 1.13 bits per heavy atom. The molecular weight excluding hydrogens is 507 g/mol. The number of hydrogen-bond donors (Lipinski definition) is 4. The molecule has 1 saturated heterocycles. The summed E-state index contributed by atoms with van der Waals surface area (Å²) >= 11 is 6.02. The number of amides is 2. The number of rotatable bonds is 9. The van der Waals surface area contributed by atoms with Gasteiger partial charge in [0.2, 0.25) is 5.91 Å². The number of guanidine groups is 1. The number of fused-ring (bicyclic) bond motifs is 1. The summed E-state index contributed by atoms with van der Waals surface area (Å²) in [7, 11) is 0. The summed E-state index contributed by atoms with van der Waals surface area (Å²) < 4.78 is 13.9. The maximum absolute atomic E-state index is 13.9. The molecule has 2 amide bonds. The summed E-state index contributed by atoms with van der Waals surface area (Å²) in [5, 5.41) is 8.76. The van der Waals surface area contributed by atoms with Crippen LogP contribution in [0.2, 0.25) is 5.02 Å². The number of halogens is 2. The Labute approximate surface area is 226 Å². The average Bonchev–Trinajstić information content (AvgIpc) is 3.03. The maximum Gasteiger partial charge on any atom is 0.251 e. The summed E-state index contributed by atoms with van der Waals surface area (Å²) in [6, 6.07) is 17.1. The first-order valence-corrected chi connectivity index (χ1v) is 13.0. The van der Waals surface area contributed by atoms with Crippen molar-refractivity contribution in [3.05, 3.63) is 82.6 Å². The van der Waals surface area contributed by atoms with E-state index in [1.165, 1.54) is 12.1 Å². The Kier molecular flexibility index (Phi) is 9.15. The van der Waals surface area contributed by atoms with Crippen LogP contribution >= 0.6 is 11.6 Å². The van der Waals surface area contributed by atoms with Crippen molar-refractivity contribution in [2.75, 3.05) is 19.6 Å². The first kappa shape index (κ1) is 27.3. The Hall–Kier alpha value is -3.69. The highest BCUT2D eigenvalue weighted by Gasteiger charge is 2.31. The molecule has 0 aromatic heterocycles. The molecule has 10 heteroatoms. The zero-order valence-corrected chi connectivity index (χ0v) is 21.8. The summed E-state index contributed by atoms with van der Waals surface area (Å²) in [5.41, 5.74) is 12.0. The topological polar surface area (TPSA) is 126 Å². The van der Waals surface area contributed by atoms with E-state index in [1.54, 1.807) is 17.0 Å². The molecule has 1 aliphatic heterocycles. The van der Waals surface area contributed by atoms with Gasteiger partial charge in [0, 0.05) is 42.8 Å². The lowest BCUT2D eigenvalue weighted by molar-refractivity contribution is -0.133. The molecule has 0 spiro atoms. The highest BCUT2D eigenvalue weighted by Crippen LogP contribution is 2.19. The maximum atomic E-state index is 13.9. The summed E-state index contributed by atoms with van der Waals surface area (Å²) in [6.07, 6.45) is 1.71. The molecule has 6 N–H and O–H groups in total. The van der Waals surface area contributed by atoms with E-state index in [9.17, 15) is 14.0 Å². The van der Waals surface area contributed by atoms with E-state index in [4.69, 9.17) is 23.1 Å². The molecule has 1 heterocycles. The molecule has 0 aliphatic carbocycles. The number of carbonyl (C=O) groups excluding carboxylic acids is 2. The monoisotopic (exact) mass is 538 g/mol. The van der Waals surface area contributed by atoms with Crippen molar-refractivity contribution in [2.24, 2.45) is 16.5 Å². The molecule has 0 radical (unpaired) electrons. The molecule has 200 valence electrons. The lowest BCUT2D eigenvalue weighted by Crippen LogP contribution is -2.48. The van der Waals surface area contributed by atoms with Crippen LogP contribution in [-0.4, -0.2) is 54.4 Å². The second-order valence-electron chi connectivity index (χ2n) is 9.46. The van der Waals surface area contributed by atoms with Gasteiger partial charge >= 0.3 is 0 Å². The highest BCUT2D eigenvalue weighted by molar-refractivity contribution is 6.30. The quantitative estimate of drug-likeness (QED) is 0.189. The van der Waals surface area contributed by atoms with Gasteiger partial charge < -0.3 is 27.0 Å². The van der Waals surface area contributed by atoms with Crippen molar-refractivity contribution >= 4 is 40.1 Å². The van der Waals surface area contributed by atoms with Crippen molar-refractivity contribution in [1.82, 2.24) is 15.5 Å². The second kappa shape index (κ2) is 12.7. The van der Waals surface area contributed by atoms with Gasteiger partial charge in [0.1, 0.15) is 5.82 Å². The van der Waals surface area contributed by atoms with Gasteiger partial charge in [-0.25, -0.2) is 4.39 Å². The van der Waals surface area contributed by atoms with E-state index in [1.807, 2.05) is 36.4 Å². The molecule has 3 aromatic carbocycles. The number of nitrogens with two attached hydrogens (primary N) is 2. The number of nitrogens with one attached hydrogen (secondary N) is 2. The predicted octanol–water partition coefficient (Wildman–Crippen LogP) is 3.18. The first-order valence-electron chi connectivity index (χ1n) is 12.6. The van der Waals surface area contributed by atoms with Gasteiger partial charge in [0.05, 0.1) is 6.04 Å². The standard InChI is InChI=1S/C28H32ClFN6O2/c29-22-12-18(13-23(30)15-22)17-36-11-9-24(35-25(27(36)38)6-3-10-33-28(31)32)16-34-26(37)21-8-7-19-4-1-2-5-20(19)14-21/h1-2,4-5,7-8,12-15,24-25,35H,3,6,9-11,16-17H2,(H,34,37)(H4,31,32,33). The number of aliphatic imine (C=N–C) groups is 1. The molecule has 8 nitrogen and oxygen atoms in total. The summed E-state index contributed by atoms with van der Waals surface area (Å²) in [4.78, 5) is 32.1. The van der Waals surface area contributed by atoms with Gasteiger partial charge in [0.25, 0.3) is 5.91 Å². The van der Waals surface area contributed by atoms with Crippen molar-refractivity contribution in [3.8, 4) is 0 Å². The molecule has 1 fully saturated rings. The van der Waals surface area contributed by atoms with E-state index in [0.29, 0.717) is 50.0 Å². The minimum atomic E-state index is -0.502. The number of hydrogen-bond acceptors (Lipinski definition) is 4. The van der Waals surface area contributed by atoms with E-state index < -0.39 is 11.9 Å². The van der Waals surface area contributed by atoms with Crippen LogP contribution in [0.3, 0.4) is 0 Å². The van der Waals surface area contributed by atoms with Gasteiger partial charge in [-0.15, -0.1) is 0 Å². The predicted molar refractivity (Wildman–Crippen MR) is 148 cm³/mol. The first-order chi connectivity index (χ1) is 18.3. The molecule has 3 aromatic rings. The van der Waals surface area contributed by atoms with Crippen LogP contribution in [0.1, 0.15) is 35.2 Å². The van der Waals surface area contributed by atoms with Crippen LogP contribution in [-0.2, 0) is 11.3 Å². The van der Waals surface area contributed by atoms with Crippen molar-refractivity contribution in [2.45, 2.75) is 37.9 Å². The Bertz CT molecular complexity index is 1310. The lowest BCUT2D eigenvalue weighted by atomic mass is 10.1. The van der Waals surface area contributed by atoms with E-state index >= 15 is 0 Å². The molecule has 0 bridgehead atoms. The minimum absolute atomic E-state index is 0.00374. The van der Waals surface area contributed by atoms with Crippen LogP contribution in [0.5, 0.6) is 0 Å². The van der Waals surface area contributed by atoms with E-state index in [0.717, 1.165) is 10.8 Å². The molecule has 38 heavy (non-hydrogen) atoms. The van der Waals surface area contributed by atoms with E-state index in [2.05, 4.69) is 15.6 Å². The zero-order valence-electron chi connectivity index (χ0n) is 21.0. The molecule has 0 saturated carbocycles. The van der Waals surface area contributed by atoms with Gasteiger partial charge in [0.15, 0.2) is 5.96 Å². The van der Waals surface area contributed by atoms with Gasteiger partial charge in [-0.2, -0.15) is 0 Å². The van der Waals surface area contributed by atoms with Crippen LogP contribution in [0.15, 0.2) is 65.7 Å². The van der Waals surface area contributed by atoms with Crippen molar-refractivity contribution < 1.29 is 14.0 Å². The van der Waals surface area contributed by atoms with Crippen molar-refractivity contribution in [3.63, 3.8) is 0 Å². The van der Waals surface area contributed by atoms with Crippen LogP contribution in [0.25, 0.3) is 10.8 Å². The smallest absolute Gasteiger partial charge is 0.251 e. The largest absolute Gasteiger partial charge is 0.370 e. The third-order valence-corrected chi connectivity index (χ3v) is 6.77. The molecule has 4 rings (SSSR count). The third-order valence-electron chi connectivity index (χ3n) is 6.56. The number of benzene rings is 3. The average molecular weight is 539 g/mol. The Balaban J connectivity index is 1.44. The highest BCUT2D eigenvalue weighted by atomic mass is 35.5. The third kappa shape index (κ3) is 7.43. The number of nitrogens with zero attached hydrogens (tertiary/aromatic N) is 2. The molecule has 1 aliphatic rings. The van der Waals surface area contributed by atoms with E-state index in [-0.39, 0.29) is 35.4 Å². The van der Waals surface area contributed by atoms with Gasteiger partial charge in [-0.3, -0.25) is 14.6 Å². The Morgan fingerprint density at radius 3 is 2.68 bits per heavy atom. The van der Waals surface area contributed by atoms with Gasteiger partial charge in [-0.05, 0) is 65.9 Å². The summed E-state index contributed by atoms with van der Waals surface area (Å²) in [5.74, 6) is -0.720. The number of carbonyl (C=O) groups is 2. The van der Waals surface area contributed by atoms with Crippen molar-refractivity contribution in [1.29, 1.82) is 0 Å². The fourth-order valence-electron chi connectivity index (χ4n) is 4.68. The van der Waals surface area contributed by atoms with Crippen LogP contribution < -0.4 is 22.1 Å². The molecule has 2 unspecified atom stereocenters. The summed E-state index contributed by atoms with van der Waals surface area (Å²) in [6.45, 7) is 1.43. The fourth-order valence-corrected chi connectivity index (χ4v) is 4.93. The molecular formula is C28H32ClFN6O2. The van der Waals surface area contributed by atoms with Gasteiger partial charge in [-0.1, -0.05) is 41.9 Å².